The molecular weight excluding hydrogens is 388 g/mol. The molecule has 0 aromatic heterocycles. The highest BCUT2D eigenvalue weighted by Crippen LogP contribution is 2.36. The van der Waals surface area contributed by atoms with E-state index >= 15 is 0 Å². The van der Waals surface area contributed by atoms with Gasteiger partial charge in [-0.3, -0.25) is 9.69 Å². The highest BCUT2D eigenvalue weighted by atomic mass is 16.7. The summed E-state index contributed by atoms with van der Waals surface area (Å²) < 4.78 is 11.0. The van der Waals surface area contributed by atoms with E-state index in [0.717, 1.165) is 16.8 Å². The molecule has 1 heterocycles. The standard InChI is InChI=1S/C26H28N2O3/c1-18(2)20-9-12-22(13-10-20)27-26(29)25(28(3)16-19-7-5-4-6-8-19)21-11-14-23-24(15-21)31-17-30-23/h4-15,18,25H,16-17H2,1-3H3,(H,27,29)/t25-/m0/s1. The zero-order valence-corrected chi connectivity index (χ0v) is 18.2. The number of hydrogen-bond donors (Lipinski definition) is 1. The lowest BCUT2D eigenvalue weighted by molar-refractivity contribution is -0.121. The quantitative estimate of drug-likeness (QED) is 0.564. The first-order valence-corrected chi connectivity index (χ1v) is 10.6. The van der Waals surface area contributed by atoms with Gasteiger partial charge in [-0.05, 0) is 53.9 Å². The molecule has 0 unspecified atom stereocenters. The molecule has 3 aromatic rings. The Morgan fingerprint density at radius 3 is 2.32 bits per heavy atom. The van der Waals surface area contributed by atoms with Gasteiger partial charge in [-0.1, -0.05) is 62.4 Å². The van der Waals surface area contributed by atoms with Crippen molar-refractivity contribution in [3.05, 3.63) is 89.5 Å². The third-order valence-corrected chi connectivity index (χ3v) is 5.52. The van der Waals surface area contributed by atoms with Gasteiger partial charge in [0.1, 0.15) is 6.04 Å². The maximum atomic E-state index is 13.4. The summed E-state index contributed by atoms with van der Waals surface area (Å²) in [6, 6.07) is 23.4. The number of nitrogens with zero attached hydrogens (tertiary/aromatic N) is 1. The van der Waals surface area contributed by atoms with Crippen LogP contribution in [-0.4, -0.2) is 24.6 Å². The lowest BCUT2D eigenvalue weighted by atomic mass is 10.0. The SMILES string of the molecule is CC(C)c1ccc(NC(=O)[C@H](c2ccc3c(c2)OCO3)N(C)Cc2ccccc2)cc1. The summed E-state index contributed by atoms with van der Waals surface area (Å²) >= 11 is 0. The molecule has 0 bridgehead atoms. The van der Waals surface area contributed by atoms with Crippen LogP contribution in [0.25, 0.3) is 0 Å². The topological polar surface area (TPSA) is 50.8 Å². The highest BCUT2D eigenvalue weighted by Gasteiger charge is 2.27. The molecule has 1 aliphatic rings. The molecule has 0 spiro atoms. The van der Waals surface area contributed by atoms with Crippen LogP contribution in [0, 0.1) is 0 Å². The molecule has 3 aromatic carbocycles. The number of hydrogen-bond acceptors (Lipinski definition) is 4. The van der Waals surface area contributed by atoms with Crippen LogP contribution in [0.2, 0.25) is 0 Å². The number of fused-ring (bicyclic) bond motifs is 1. The summed E-state index contributed by atoms with van der Waals surface area (Å²) in [4.78, 5) is 15.5. The summed E-state index contributed by atoms with van der Waals surface area (Å²) in [6.07, 6.45) is 0. The van der Waals surface area contributed by atoms with E-state index in [1.165, 1.54) is 5.56 Å². The fourth-order valence-corrected chi connectivity index (χ4v) is 3.81. The Labute approximate surface area is 183 Å². The van der Waals surface area contributed by atoms with Gasteiger partial charge in [-0.15, -0.1) is 0 Å². The summed E-state index contributed by atoms with van der Waals surface area (Å²) in [5.41, 5.74) is 4.03. The molecule has 1 amide bonds. The van der Waals surface area contributed by atoms with Crippen molar-refractivity contribution < 1.29 is 14.3 Å². The van der Waals surface area contributed by atoms with Gasteiger partial charge in [0, 0.05) is 12.2 Å². The molecule has 1 atom stereocenters. The minimum absolute atomic E-state index is 0.0883. The number of anilines is 1. The molecule has 0 radical (unpaired) electrons. The van der Waals surface area contributed by atoms with Gasteiger partial charge in [0.25, 0.3) is 0 Å². The van der Waals surface area contributed by atoms with E-state index in [1.807, 2.05) is 60.5 Å². The Morgan fingerprint density at radius 1 is 0.935 bits per heavy atom. The number of carbonyl (C=O) groups is 1. The van der Waals surface area contributed by atoms with Crippen LogP contribution in [0.15, 0.2) is 72.8 Å². The number of carbonyl (C=O) groups excluding carboxylic acids is 1. The number of ether oxygens (including phenoxy) is 2. The van der Waals surface area contributed by atoms with E-state index in [4.69, 9.17) is 9.47 Å². The minimum Gasteiger partial charge on any atom is -0.454 e. The van der Waals surface area contributed by atoms with E-state index in [9.17, 15) is 4.79 Å². The number of rotatable bonds is 7. The van der Waals surface area contributed by atoms with Crippen molar-refractivity contribution in [3.63, 3.8) is 0 Å². The Balaban J connectivity index is 1.60. The molecule has 5 heteroatoms. The second-order valence-corrected chi connectivity index (χ2v) is 8.18. The van der Waals surface area contributed by atoms with E-state index in [2.05, 4.69) is 43.4 Å². The van der Waals surface area contributed by atoms with Crippen LogP contribution in [0.5, 0.6) is 11.5 Å². The van der Waals surface area contributed by atoms with E-state index in [0.29, 0.717) is 24.0 Å². The summed E-state index contributed by atoms with van der Waals surface area (Å²) in [6.45, 7) is 5.15. The van der Waals surface area contributed by atoms with Gasteiger partial charge in [0.2, 0.25) is 12.7 Å². The van der Waals surface area contributed by atoms with Crippen molar-refractivity contribution in [2.75, 3.05) is 19.2 Å². The summed E-state index contributed by atoms with van der Waals surface area (Å²) in [5, 5.41) is 3.09. The third-order valence-electron chi connectivity index (χ3n) is 5.52. The first-order valence-electron chi connectivity index (χ1n) is 10.6. The molecule has 1 aliphatic heterocycles. The summed E-state index contributed by atoms with van der Waals surface area (Å²) in [7, 11) is 1.96. The fourth-order valence-electron chi connectivity index (χ4n) is 3.81. The largest absolute Gasteiger partial charge is 0.454 e. The number of nitrogens with one attached hydrogen (secondary N) is 1. The maximum Gasteiger partial charge on any atom is 0.246 e. The molecule has 31 heavy (non-hydrogen) atoms. The normalized spacial score (nSPS) is 13.5. The predicted molar refractivity (Wildman–Crippen MR) is 122 cm³/mol. The Hall–Kier alpha value is -3.31. The van der Waals surface area contributed by atoms with Crippen LogP contribution in [0.4, 0.5) is 5.69 Å². The monoisotopic (exact) mass is 416 g/mol. The van der Waals surface area contributed by atoms with Gasteiger partial charge in [0.05, 0.1) is 0 Å². The number of likely N-dealkylation sites (N-methyl/N-ethyl adjacent to an activating group) is 1. The second kappa shape index (κ2) is 9.23. The number of amides is 1. The van der Waals surface area contributed by atoms with Gasteiger partial charge < -0.3 is 14.8 Å². The van der Waals surface area contributed by atoms with E-state index < -0.39 is 6.04 Å². The average molecular weight is 417 g/mol. The molecule has 0 fully saturated rings. The minimum atomic E-state index is -0.487. The molecule has 160 valence electrons. The third kappa shape index (κ3) is 4.89. The molecule has 1 N–H and O–H groups in total. The van der Waals surface area contributed by atoms with Crippen molar-refractivity contribution in [2.45, 2.75) is 32.4 Å². The van der Waals surface area contributed by atoms with E-state index in [-0.39, 0.29) is 12.7 Å². The van der Waals surface area contributed by atoms with Gasteiger partial charge in [-0.2, -0.15) is 0 Å². The Morgan fingerprint density at radius 2 is 1.61 bits per heavy atom. The van der Waals surface area contributed by atoms with Crippen LogP contribution >= 0.6 is 0 Å². The van der Waals surface area contributed by atoms with Gasteiger partial charge in [-0.25, -0.2) is 0 Å². The first-order chi connectivity index (χ1) is 15.0. The lowest BCUT2D eigenvalue weighted by Gasteiger charge is -2.28. The lowest BCUT2D eigenvalue weighted by Crippen LogP contribution is -2.34. The van der Waals surface area contributed by atoms with E-state index in [1.54, 1.807) is 0 Å². The summed E-state index contributed by atoms with van der Waals surface area (Å²) in [5.74, 6) is 1.74. The number of benzene rings is 3. The molecular formula is C26H28N2O3. The maximum absolute atomic E-state index is 13.4. The highest BCUT2D eigenvalue weighted by molar-refractivity contribution is 5.95. The zero-order chi connectivity index (χ0) is 21.8. The van der Waals surface area contributed by atoms with Crippen LogP contribution < -0.4 is 14.8 Å². The molecule has 0 saturated carbocycles. The predicted octanol–water partition coefficient (Wildman–Crippen LogP) is 5.35. The van der Waals surface area contributed by atoms with Gasteiger partial charge in [0.15, 0.2) is 11.5 Å². The van der Waals surface area contributed by atoms with Crippen molar-refractivity contribution in [1.82, 2.24) is 4.90 Å². The van der Waals surface area contributed by atoms with Crippen LogP contribution in [0.3, 0.4) is 0 Å². The molecule has 5 nitrogen and oxygen atoms in total. The van der Waals surface area contributed by atoms with Crippen LogP contribution in [-0.2, 0) is 11.3 Å². The zero-order valence-electron chi connectivity index (χ0n) is 18.2. The van der Waals surface area contributed by atoms with Crippen LogP contribution in [0.1, 0.15) is 42.5 Å². The second-order valence-electron chi connectivity index (χ2n) is 8.18. The van der Waals surface area contributed by atoms with Crippen molar-refractivity contribution in [3.8, 4) is 11.5 Å². The van der Waals surface area contributed by atoms with Crippen molar-refractivity contribution >= 4 is 11.6 Å². The smallest absolute Gasteiger partial charge is 0.246 e. The Kier molecular flexibility index (Phi) is 6.23. The van der Waals surface area contributed by atoms with Crippen molar-refractivity contribution in [1.29, 1.82) is 0 Å². The van der Waals surface area contributed by atoms with Gasteiger partial charge >= 0.3 is 0 Å². The molecule has 0 saturated heterocycles. The fraction of sp³-hybridized carbons (Fsp3) is 0.269. The average Bonchev–Trinajstić information content (AvgIpc) is 3.23. The van der Waals surface area contributed by atoms with Crippen molar-refractivity contribution in [2.24, 2.45) is 0 Å². The molecule has 4 rings (SSSR count). The first kappa shape index (κ1) is 20.9. The Bertz CT molecular complexity index is 1030. The molecule has 0 aliphatic carbocycles.